The molecular formula is C24H32N4O4. The molecule has 0 spiro atoms. The average Bonchev–Trinajstić information content (AvgIpc) is 2.77. The van der Waals surface area contributed by atoms with Crippen molar-refractivity contribution in [3.8, 4) is 22.6 Å². The van der Waals surface area contributed by atoms with E-state index in [0.717, 1.165) is 45.7 Å². The van der Waals surface area contributed by atoms with Crippen LogP contribution in [0.2, 0.25) is 0 Å². The molecule has 0 N–H and O–H groups in total. The molecule has 0 bridgehead atoms. The van der Waals surface area contributed by atoms with Gasteiger partial charge in [0.15, 0.2) is 0 Å². The summed E-state index contributed by atoms with van der Waals surface area (Å²) >= 11 is 0. The maximum Gasteiger partial charge on any atom is 0.320 e. The summed E-state index contributed by atoms with van der Waals surface area (Å²) in [6.45, 7) is 1.94. The highest BCUT2D eigenvalue weighted by Crippen LogP contribution is 2.41. The Kier molecular flexibility index (Phi) is 5.90. The van der Waals surface area contributed by atoms with Gasteiger partial charge in [-0.3, -0.25) is 4.79 Å². The van der Waals surface area contributed by atoms with Crippen LogP contribution in [0.4, 0.5) is 4.79 Å². The normalized spacial score (nSPS) is 18.0. The molecule has 172 valence electrons. The molecule has 8 heteroatoms. The lowest BCUT2D eigenvalue weighted by molar-refractivity contribution is 0.103. The molecule has 0 aliphatic carbocycles. The first-order valence-electron chi connectivity index (χ1n) is 10.9. The van der Waals surface area contributed by atoms with Crippen molar-refractivity contribution in [2.24, 2.45) is 7.05 Å². The van der Waals surface area contributed by atoms with Crippen LogP contribution in [-0.2, 0) is 20.0 Å². The highest BCUT2D eigenvalue weighted by Gasteiger charge is 2.39. The molecule has 1 aromatic heterocycles. The molecule has 4 rings (SSSR count). The summed E-state index contributed by atoms with van der Waals surface area (Å²) in [4.78, 5) is 31.6. The number of fused-ring (bicyclic) bond motifs is 3. The fourth-order valence-corrected chi connectivity index (χ4v) is 4.97. The van der Waals surface area contributed by atoms with Gasteiger partial charge in [0.05, 0.1) is 25.8 Å². The number of amides is 2. The van der Waals surface area contributed by atoms with E-state index >= 15 is 0 Å². The number of carbonyl (C=O) groups excluding carboxylic acids is 1. The summed E-state index contributed by atoms with van der Waals surface area (Å²) in [5.41, 5.74) is 4.65. The molecule has 1 atom stereocenters. The zero-order valence-corrected chi connectivity index (χ0v) is 19.8. The standard InChI is InChI=1S/C24H32N4O4/c1-25(2)13-18-20(31-5)11-15(12-21(18)32-6)17-14-27(4)23(29)22-16(17)7-10-28-19(22)8-9-26(3)24(28)30/h11-12,14,19H,7-10,13H2,1-6H3. The molecule has 32 heavy (non-hydrogen) atoms. The van der Waals surface area contributed by atoms with Crippen LogP contribution in [0.25, 0.3) is 11.1 Å². The van der Waals surface area contributed by atoms with Gasteiger partial charge in [-0.25, -0.2) is 4.79 Å². The number of aryl methyl sites for hydroxylation is 1. The lowest BCUT2D eigenvalue weighted by atomic mass is 9.86. The highest BCUT2D eigenvalue weighted by atomic mass is 16.5. The van der Waals surface area contributed by atoms with Crippen molar-refractivity contribution in [3.63, 3.8) is 0 Å². The number of hydrogen-bond acceptors (Lipinski definition) is 5. The van der Waals surface area contributed by atoms with E-state index in [1.807, 2.05) is 44.4 Å². The number of rotatable bonds is 5. The molecule has 2 amide bonds. The maximum absolute atomic E-state index is 13.2. The Labute approximate surface area is 188 Å². The molecule has 1 saturated heterocycles. The number of methoxy groups -OCH3 is 2. The summed E-state index contributed by atoms with van der Waals surface area (Å²) in [7, 11) is 10.9. The Hall–Kier alpha value is -3.00. The summed E-state index contributed by atoms with van der Waals surface area (Å²) < 4.78 is 13.1. The topological polar surface area (TPSA) is 67.2 Å². The number of nitrogens with zero attached hydrogens (tertiary/aromatic N) is 4. The third-order valence-corrected chi connectivity index (χ3v) is 6.54. The van der Waals surface area contributed by atoms with Gasteiger partial charge in [-0.05, 0) is 50.2 Å². The second-order valence-corrected chi connectivity index (χ2v) is 8.90. The quantitative estimate of drug-likeness (QED) is 0.715. The predicted octanol–water partition coefficient (Wildman–Crippen LogP) is 2.49. The number of benzene rings is 1. The molecule has 2 aromatic rings. The van der Waals surface area contributed by atoms with Crippen molar-refractivity contribution in [2.45, 2.75) is 25.4 Å². The molecule has 2 aliphatic rings. The van der Waals surface area contributed by atoms with E-state index in [1.165, 1.54) is 0 Å². The molecule has 0 saturated carbocycles. The summed E-state index contributed by atoms with van der Waals surface area (Å²) in [6, 6.07) is 3.86. The van der Waals surface area contributed by atoms with Crippen molar-refractivity contribution in [2.75, 3.05) is 48.5 Å². The van der Waals surface area contributed by atoms with Crippen LogP contribution in [0.3, 0.4) is 0 Å². The maximum atomic E-state index is 13.2. The first kappa shape index (κ1) is 22.2. The second kappa shape index (κ2) is 8.50. The Morgan fingerprint density at radius 3 is 2.31 bits per heavy atom. The SMILES string of the molecule is COc1cc(-c2cn(C)c(=O)c3c2CCN2C(=O)N(C)CCC32)cc(OC)c1CN(C)C. The Bertz CT molecular complexity index is 1080. The van der Waals surface area contributed by atoms with Crippen LogP contribution in [0.1, 0.15) is 29.2 Å². The van der Waals surface area contributed by atoms with Gasteiger partial charge in [-0.15, -0.1) is 0 Å². The minimum atomic E-state index is -0.182. The van der Waals surface area contributed by atoms with E-state index in [1.54, 1.807) is 30.7 Å². The van der Waals surface area contributed by atoms with Gasteiger partial charge in [0.1, 0.15) is 11.5 Å². The van der Waals surface area contributed by atoms with Crippen molar-refractivity contribution in [3.05, 3.63) is 45.4 Å². The van der Waals surface area contributed by atoms with E-state index < -0.39 is 0 Å². The lowest BCUT2D eigenvalue weighted by Crippen LogP contribution is -2.53. The molecule has 0 radical (unpaired) electrons. The van der Waals surface area contributed by atoms with Gasteiger partial charge in [0, 0.05) is 51.1 Å². The van der Waals surface area contributed by atoms with Crippen LogP contribution < -0.4 is 15.0 Å². The smallest absolute Gasteiger partial charge is 0.320 e. The zero-order valence-electron chi connectivity index (χ0n) is 19.8. The summed E-state index contributed by atoms with van der Waals surface area (Å²) in [5.74, 6) is 1.50. The number of urea groups is 1. The monoisotopic (exact) mass is 440 g/mol. The molecular weight excluding hydrogens is 408 g/mol. The zero-order chi connectivity index (χ0) is 23.2. The van der Waals surface area contributed by atoms with E-state index in [0.29, 0.717) is 26.1 Å². The number of hydrogen-bond donors (Lipinski definition) is 0. The van der Waals surface area contributed by atoms with E-state index in [4.69, 9.17) is 9.47 Å². The van der Waals surface area contributed by atoms with Crippen molar-refractivity contribution in [1.29, 1.82) is 0 Å². The summed E-state index contributed by atoms with van der Waals surface area (Å²) in [6.07, 6.45) is 3.29. The molecule has 8 nitrogen and oxygen atoms in total. The molecule has 1 unspecified atom stereocenters. The van der Waals surface area contributed by atoms with Crippen LogP contribution >= 0.6 is 0 Å². The largest absolute Gasteiger partial charge is 0.496 e. The number of pyridine rings is 1. The highest BCUT2D eigenvalue weighted by molar-refractivity contribution is 5.78. The van der Waals surface area contributed by atoms with Gasteiger partial charge in [-0.1, -0.05) is 0 Å². The third-order valence-electron chi connectivity index (χ3n) is 6.54. The fraction of sp³-hybridized carbons (Fsp3) is 0.500. The molecule has 1 fully saturated rings. The average molecular weight is 441 g/mol. The van der Waals surface area contributed by atoms with Gasteiger partial charge in [-0.2, -0.15) is 0 Å². The molecule has 2 aliphatic heterocycles. The predicted molar refractivity (Wildman–Crippen MR) is 123 cm³/mol. The number of aromatic nitrogens is 1. The molecule has 3 heterocycles. The van der Waals surface area contributed by atoms with E-state index in [2.05, 4.69) is 4.90 Å². The molecule has 1 aromatic carbocycles. The van der Waals surface area contributed by atoms with E-state index in [-0.39, 0.29) is 17.6 Å². The van der Waals surface area contributed by atoms with E-state index in [9.17, 15) is 9.59 Å². The fourth-order valence-electron chi connectivity index (χ4n) is 4.97. The minimum absolute atomic E-state index is 0.00395. The minimum Gasteiger partial charge on any atom is -0.496 e. The number of ether oxygens (including phenoxy) is 2. The van der Waals surface area contributed by atoms with Crippen molar-refractivity contribution in [1.82, 2.24) is 19.3 Å². The van der Waals surface area contributed by atoms with Gasteiger partial charge >= 0.3 is 6.03 Å². The third kappa shape index (κ3) is 3.62. The van der Waals surface area contributed by atoms with Gasteiger partial charge < -0.3 is 28.7 Å². The Morgan fingerprint density at radius 2 is 1.72 bits per heavy atom. The van der Waals surface area contributed by atoms with Crippen LogP contribution in [0, 0.1) is 0 Å². The Morgan fingerprint density at radius 1 is 1.06 bits per heavy atom. The van der Waals surface area contributed by atoms with Crippen molar-refractivity contribution < 1.29 is 14.3 Å². The van der Waals surface area contributed by atoms with Gasteiger partial charge in [0.2, 0.25) is 0 Å². The summed E-state index contributed by atoms with van der Waals surface area (Å²) in [5, 5.41) is 0. The Balaban J connectivity index is 1.89. The first-order chi connectivity index (χ1) is 15.3. The number of carbonyl (C=O) groups is 1. The van der Waals surface area contributed by atoms with Crippen LogP contribution in [0.15, 0.2) is 23.1 Å². The lowest BCUT2D eigenvalue weighted by Gasteiger charge is -2.43. The van der Waals surface area contributed by atoms with Gasteiger partial charge in [0.25, 0.3) is 5.56 Å². The van der Waals surface area contributed by atoms with Crippen LogP contribution in [-0.4, -0.2) is 73.8 Å². The van der Waals surface area contributed by atoms with Crippen LogP contribution in [0.5, 0.6) is 11.5 Å². The van der Waals surface area contributed by atoms with Crippen molar-refractivity contribution >= 4 is 6.03 Å². The first-order valence-corrected chi connectivity index (χ1v) is 10.9. The second-order valence-electron chi connectivity index (χ2n) is 8.90.